The van der Waals surface area contributed by atoms with E-state index in [1.54, 1.807) is 0 Å². The summed E-state index contributed by atoms with van der Waals surface area (Å²) in [6, 6.07) is 0. The zero-order chi connectivity index (χ0) is 12.2. The van der Waals surface area contributed by atoms with Crippen LogP contribution in [-0.4, -0.2) is 25.8 Å². The van der Waals surface area contributed by atoms with E-state index < -0.39 is 0 Å². The Hall–Kier alpha value is -0.830. The molecule has 0 unspecified atom stereocenters. The van der Waals surface area contributed by atoms with E-state index in [1.165, 1.54) is 25.7 Å². The monoisotopic (exact) mass is 240 g/mol. The molecule has 0 fully saturated rings. The molecule has 3 heteroatoms. The van der Waals surface area contributed by atoms with E-state index in [0.717, 1.165) is 25.9 Å². The van der Waals surface area contributed by atoms with Crippen molar-refractivity contribution in [2.24, 2.45) is 0 Å². The van der Waals surface area contributed by atoms with Crippen LogP contribution < -0.4 is 0 Å². The SMILES string of the molecule is O=C1CCCCCCCCCOCC=CCO1. The molecule has 0 spiro atoms. The third-order valence-corrected chi connectivity index (χ3v) is 2.89. The number of cyclic esters (lactones) is 1. The first-order valence-electron chi connectivity index (χ1n) is 6.78. The summed E-state index contributed by atoms with van der Waals surface area (Å²) in [7, 11) is 0. The fourth-order valence-corrected chi connectivity index (χ4v) is 1.86. The molecule has 0 N–H and O–H groups in total. The Balaban J connectivity index is 2.19. The van der Waals surface area contributed by atoms with Crippen LogP contribution in [0.15, 0.2) is 12.2 Å². The molecule has 1 heterocycles. The van der Waals surface area contributed by atoms with Gasteiger partial charge in [0.2, 0.25) is 0 Å². The zero-order valence-electron chi connectivity index (χ0n) is 10.7. The Morgan fingerprint density at radius 3 is 2.29 bits per heavy atom. The zero-order valence-corrected chi connectivity index (χ0v) is 10.7. The highest BCUT2D eigenvalue weighted by atomic mass is 16.5. The lowest BCUT2D eigenvalue weighted by atomic mass is 10.1. The molecule has 98 valence electrons. The highest BCUT2D eigenvalue weighted by Gasteiger charge is 2.01. The summed E-state index contributed by atoms with van der Waals surface area (Å²) in [5.74, 6) is -0.0809. The van der Waals surface area contributed by atoms with Crippen LogP contribution in [0.25, 0.3) is 0 Å². The van der Waals surface area contributed by atoms with Gasteiger partial charge in [0.05, 0.1) is 6.61 Å². The molecule has 0 bridgehead atoms. The molecule has 1 aliphatic heterocycles. The van der Waals surface area contributed by atoms with Crippen molar-refractivity contribution in [1.82, 2.24) is 0 Å². The molecule has 0 aliphatic carbocycles. The third-order valence-electron chi connectivity index (χ3n) is 2.89. The normalized spacial score (nSPS) is 22.0. The van der Waals surface area contributed by atoms with Crippen molar-refractivity contribution >= 4 is 5.97 Å². The van der Waals surface area contributed by atoms with Crippen LogP contribution in [-0.2, 0) is 14.3 Å². The largest absolute Gasteiger partial charge is 0.461 e. The molecule has 0 radical (unpaired) electrons. The van der Waals surface area contributed by atoms with Gasteiger partial charge >= 0.3 is 5.97 Å². The molecular formula is C14H24O3. The number of ether oxygens (including phenoxy) is 2. The molecule has 0 amide bonds. The Bertz CT molecular complexity index is 224. The molecule has 0 saturated carbocycles. The average Bonchev–Trinajstić information content (AvgIpc) is 2.32. The van der Waals surface area contributed by atoms with Crippen LogP contribution in [0.1, 0.15) is 51.4 Å². The maximum atomic E-state index is 11.3. The first kappa shape index (κ1) is 14.2. The van der Waals surface area contributed by atoms with Gasteiger partial charge in [0.25, 0.3) is 0 Å². The van der Waals surface area contributed by atoms with E-state index in [9.17, 15) is 4.79 Å². The van der Waals surface area contributed by atoms with Gasteiger partial charge in [-0.15, -0.1) is 0 Å². The summed E-state index contributed by atoms with van der Waals surface area (Å²) >= 11 is 0. The van der Waals surface area contributed by atoms with Gasteiger partial charge < -0.3 is 9.47 Å². The average molecular weight is 240 g/mol. The number of rotatable bonds is 0. The number of carbonyl (C=O) groups is 1. The van der Waals surface area contributed by atoms with Crippen molar-refractivity contribution in [2.75, 3.05) is 19.8 Å². The number of esters is 1. The molecule has 0 atom stereocenters. The molecule has 3 nitrogen and oxygen atoms in total. The standard InChI is InChI=1S/C14H24O3/c15-14-10-6-4-2-1-3-5-7-11-16-12-8-9-13-17-14/h8-9H,1-7,10-13H2. The quantitative estimate of drug-likeness (QED) is 0.481. The van der Waals surface area contributed by atoms with Gasteiger partial charge in [-0.25, -0.2) is 0 Å². The Kier molecular flexibility index (Phi) is 8.65. The van der Waals surface area contributed by atoms with E-state index in [0.29, 0.717) is 19.6 Å². The van der Waals surface area contributed by atoms with E-state index >= 15 is 0 Å². The number of carbonyl (C=O) groups excluding carboxylic acids is 1. The van der Waals surface area contributed by atoms with E-state index in [2.05, 4.69) is 0 Å². The van der Waals surface area contributed by atoms with Crippen LogP contribution in [0.2, 0.25) is 0 Å². The minimum absolute atomic E-state index is 0.0809. The van der Waals surface area contributed by atoms with Crippen molar-refractivity contribution in [3.05, 3.63) is 12.2 Å². The Labute approximate surface area is 104 Å². The topological polar surface area (TPSA) is 35.5 Å². The summed E-state index contributed by atoms with van der Waals surface area (Å²) in [5.41, 5.74) is 0. The van der Waals surface area contributed by atoms with Crippen LogP contribution in [0.3, 0.4) is 0 Å². The summed E-state index contributed by atoms with van der Waals surface area (Å²) < 4.78 is 10.5. The lowest BCUT2D eigenvalue weighted by Crippen LogP contribution is -2.04. The lowest BCUT2D eigenvalue weighted by molar-refractivity contribution is -0.142. The van der Waals surface area contributed by atoms with Crippen LogP contribution >= 0.6 is 0 Å². The minimum Gasteiger partial charge on any atom is -0.461 e. The van der Waals surface area contributed by atoms with Crippen molar-refractivity contribution in [2.45, 2.75) is 51.4 Å². The van der Waals surface area contributed by atoms with Gasteiger partial charge in [-0.05, 0) is 18.9 Å². The summed E-state index contributed by atoms with van der Waals surface area (Å²) in [4.78, 5) is 11.3. The van der Waals surface area contributed by atoms with Gasteiger partial charge in [0, 0.05) is 13.0 Å². The van der Waals surface area contributed by atoms with E-state index in [4.69, 9.17) is 9.47 Å². The lowest BCUT2D eigenvalue weighted by Gasteiger charge is -2.05. The minimum atomic E-state index is -0.0809. The molecule has 0 aromatic heterocycles. The smallest absolute Gasteiger partial charge is 0.306 e. The first-order valence-corrected chi connectivity index (χ1v) is 6.78. The van der Waals surface area contributed by atoms with Crippen molar-refractivity contribution in [3.8, 4) is 0 Å². The summed E-state index contributed by atoms with van der Waals surface area (Å²) in [6.07, 6.45) is 12.6. The fraction of sp³-hybridized carbons (Fsp3) is 0.786. The highest BCUT2D eigenvalue weighted by molar-refractivity contribution is 5.69. The Morgan fingerprint density at radius 1 is 0.824 bits per heavy atom. The maximum Gasteiger partial charge on any atom is 0.306 e. The first-order chi connectivity index (χ1) is 8.39. The fourth-order valence-electron chi connectivity index (χ4n) is 1.86. The molecule has 1 aliphatic rings. The van der Waals surface area contributed by atoms with Gasteiger partial charge in [-0.3, -0.25) is 4.79 Å². The van der Waals surface area contributed by atoms with E-state index in [-0.39, 0.29) is 5.97 Å². The van der Waals surface area contributed by atoms with Crippen LogP contribution in [0.4, 0.5) is 0 Å². The number of hydrogen-bond acceptors (Lipinski definition) is 3. The highest BCUT2D eigenvalue weighted by Crippen LogP contribution is 2.09. The number of hydrogen-bond donors (Lipinski definition) is 0. The third kappa shape index (κ3) is 8.93. The molecule has 17 heavy (non-hydrogen) atoms. The van der Waals surface area contributed by atoms with Gasteiger partial charge in [-0.1, -0.05) is 38.2 Å². The molecular weight excluding hydrogens is 216 g/mol. The second-order valence-electron chi connectivity index (χ2n) is 4.45. The predicted molar refractivity (Wildman–Crippen MR) is 67.9 cm³/mol. The Morgan fingerprint density at radius 2 is 1.47 bits per heavy atom. The van der Waals surface area contributed by atoms with Crippen molar-refractivity contribution in [1.29, 1.82) is 0 Å². The van der Waals surface area contributed by atoms with Gasteiger partial charge in [0.1, 0.15) is 6.61 Å². The van der Waals surface area contributed by atoms with Crippen LogP contribution in [0, 0.1) is 0 Å². The van der Waals surface area contributed by atoms with Crippen molar-refractivity contribution < 1.29 is 14.3 Å². The predicted octanol–water partition coefficient (Wildman–Crippen LogP) is 3.24. The summed E-state index contributed by atoms with van der Waals surface area (Å²) in [5, 5.41) is 0. The molecule has 0 aromatic rings. The second-order valence-corrected chi connectivity index (χ2v) is 4.45. The molecule has 0 aromatic carbocycles. The molecule has 1 rings (SSSR count). The van der Waals surface area contributed by atoms with Gasteiger partial charge in [0.15, 0.2) is 0 Å². The summed E-state index contributed by atoms with van der Waals surface area (Å²) in [6.45, 7) is 1.84. The second kappa shape index (κ2) is 10.3. The molecule has 0 saturated heterocycles. The maximum absolute atomic E-state index is 11.3. The van der Waals surface area contributed by atoms with Crippen molar-refractivity contribution in [3.63, 3.8) is 0 Å². The van der Waals surface area contributed by atoms with Crippen LogP contribution in [0.5, 0.6) is 0 Å². The van der Waals surface area contributed by atoms with Gasteiger partial charge in [-0.2, -0.15) is 0 Å². The van der Waals surface area contributed by atoms with E-state index in [1.807, 2.05) is 12.2 Å².